The van der Waals surface area contributed by atoms with Crippen LogP contribution in [0.1, 0.15) is 20.3 Å². The van der Waals surface area contributed by atoms with Gasteiger partial charge in [0.15, 0.2) is 0 Å². The van der Waals surface area contributed by atoms with E-state index in [1.807, 2.05) is 13.8 Å². The van der Waals surface area contributed by atoms with Crippen LogP contribution < -0.4 is 0 Å². The molecule has 0 aromatic rings. The average molecular weight is 213 g/mol. The Bertz CT molecular complexity index is 325. The second-order valence-electron chi connectivity index (χ2n) is 5.04. The van der Waals surface area contributed by atoms with Crippen LogP contribution in [0.5, 0.6) is 0 Å². The van der Waals surface area contributed by atoms with Gasteiger partial charge >= 0.3 is 5.97 Å². The third-order valence-corrected chi connectivity index (χ3v) is 3.58. The standard InChI is InChI=1S/C10H15NO4/c1-10(2)3-6-5(4-12)8(13)11(6)7(10)9(14)15/h5-7,12H,3-4H2,1-2H3,(H,14,15)/t5?,6?,7-/m0/s1. The highest BCUT2D eigenvalue weighted by molar-refractivity contribution is 5.92. The number of hydrogen-bond donors (Lipinski definition) is 2. The molecule has 0 aliphatic carbocycles. The maximum absolute atomic E-state index is 11.6. The summed E-state index contributed by atoms with van der Waals surface area (Å²) in [5, 5.41) is 18.1. The Hall–Kier alpha value is -1.10. The van der Waals surface area contributed by atoms with E-state index in [0.717, 1.165) is 0 Å². The van der Waals surface area contributed by atoms with Gasteiger partial charge in [0.05, 0.1) is 12.5 Å². The third kappa shape index (κ3) is 1.19. The number of nitrogens with zero attached hydrogens (tertiary/aromatic N) is 1. The number of carboxylic acid groups (broad SMARTS) is 1. The van der Waals surface area contributed by atoms with Crippen molar-refractivity contribution < 1.29 is 19.8 Å². The summed E-state index contributed by atoms with van der Waals surface area (Å²) in [5.41, 5.74) is -0.407. The summed E-state index contributed by atoms with van der Waals surface area (Å²) in [4.78, 5) is 24.1. The summed E-state index contributed by atoms with van der Waals surface area (Å²) in [7, 11) is 0. The van der Waals surface area contributed by atoms with Crippen molar-refractivity contribution in [2.24, 2.45) is 11.3 Å². The molecule has 0 radical (unpaired) electrons. The molecule has 1 amide bonds. The van der Waals surface area contributed by atoms with E-state index in [1.54, 1.807) is 0 Å². The van der Waals surface area contributed by atoms with E-state index in [0.29, 0.717) is 6.42 Å². The van der Waals surface area contributed by atoms with Crippen molar-refractivity contribution in [2.45, 2.75) is 32.4 Å². The molecule has 2 fully saturated rings. The first kappa shape index (κ1) is 10.4. The van der Waals surface area contributed by atoms with Gasteiger partial charge in [0.2, 0.25) is 5.91 Å². The second kappa shape index (κ2) is 2.95. The average Bonchev–Trinajstić information content (AvgIpc) is 2.35. The van der Waals surface area contributed by atoms with Gasteiger partial charge in [-0.15, -0.1) is 0 Å². The van der Waals surface area contributed by atoms with Gasteiger partial charge in [-0.1, -0.05) is 13.8 Å². The molecule has 0 spiro atoms. The number of amides is 1. The first-order chi connectivity index (χ1) is 6.90. The van der Waals surface area contributed by atoms with Crippen LogP contribution in [-0.4, -0.2) is 45.7 Å². The van der Waals surface area contributed by atoms with Crippen LogP contribution >= 0.6 is 0 Å². The van der Waals surface area contributed by atoms with Gasteiger partial charge in [-0.25, -0.2) is 4.79 Å². The van der Waals surface area contributed by atoms with E-state index in [9.17, 15) is 9.59 Å². The number of aliphatic carboxylic acids is 1. The third-order valence-electron chi connectivity index (χ3n) is 3.58. The van der Waals surface area contributed by atoms with Crippen molar-refractivity contribution in [3.8, 4) is 0 Å². The summed E-state index contributed by atoms with van der Waals surface area (Å²) in [6.45, 7) is 3.53. The van der Waals surface area contributed by atoms with Gasteiger partial charge in [0.1, 0.15) is 6.04 Å². The van der Waals surface area contributed by atoms with Gasteiger partial charge in [-0.05, 0) is 11.8 Å². The van der Waals surface area contributed by atoms with Crippen molar-refractivity contribution >= 4 is 11.9 Å². The zero-order valence-electron chi connectivity index (χ0n) is 8.80. The minimum Gasteiger partial charge on any atom is -0.480 e. The highest BCUT2D eigenvalue weighted by Gasteiger charge is 2.62. The lowest BCUT2D eigenvalue weighted by molar-refractivity contribution is -0.167. The summed E-state index contributed by atoms with van der Waals surface area (Å²) in [6, 6.07) is -0.823. The zero-order valence-corrected chi connectivity index (χ0v) is 8.80. The van der Waals surface area contributed by atoms with Crippen LogP contribution in [-0.2, 0) is 9.59 Å². The predicted octanol–water partition coefficient (Wildman–Crippen LogP) is -0.311. The van der Waals surface area contributed by atoms with Crippen LogP contribution in [0.4, 0.5) is 0 Å². The molecule has 0 bridgehead atoms. The maximum Gasteiger partial charge on any atom is 0.326 e. The van der Waals surface area contributed by atoms with Crippen molar-refractivity contribution in [2.75, 3.05) is 6.61 Å². The molecule has 3 atom stereocenters. The van der Waals surface area contributed by atoms with Crippen LogP contribution in [0.25, 0.3) is 0 Å². The van der Waals surface area contributed by atoms with Gasteiger partial charge < -0.3 is 15.1 Å². The number of hydrogen-bond acceptors (Lipinski definition) is 3. The highest BCUT2D eigenvalue weighted by atomic mass is 16.4. The first-order valence-electron chi connectivity index (χ1n) is 5.06. The number of aliphatic hydroxyl groups is 1. The summed E-state index contributed by atoms with van der Waals surface area (Å²) in [6.07, 6.45) is 0.654. The van der Waals surface area contributed by atoms with E-state index in [-0.39, 0.29) is 24.5 Å². The van der Waals surface area contributed by atoms with E-state index in [2.05, 4.69) is 0 Å². The molecule has 2 aliphatic rings. The highest BCUT2D eigenvalue weighted by Crippen LogP contribution is 2.48. The number of fused-ring (bicyclic) bond motifs is 1. The Morgan fingerprint density at radius 3 is 2.67 bits per heavy atom. The van der Waals surface area contributed by atoms with Crippen LogP contribution in [0, 0.1) is 11.3 Å². The molecular weight excluding hydrogens is 198 g/mol. The van der Waals surface area contributed by atoms with E-state index >= 15 is 0 Å². The molecule has 5 heteroatoms. The Morgan fingerprint density at radius 1 is 1.60 bits per heavy atom. The molecule has 5 nitrogen and oxygen atoms in total. The minimum atomic E-state index is -0.952. The number of β-lactam (4-membered cyclic amide) rings is 1. The van der Waals surface area contributed by atoms with Crippen molar-refractivity contribution in [1.29, 1.82) is 0 Å². The Labute approximate surface area is 87.7 Å². The molecule has 0 aromatic heterocycles. The minimum absolute atomic E-state index is 0.0846. The molecule has 2 unspecified atom stereocenters. The first-order valence-corrected chi connectivity index (χ1v) is 5.06. The van der Waals surface area contributed by atoms with Crippen molar-refractivity contribution in [3.63, 3.8) is 0 Å². The molecule has 84 valence electrons. The van der Waals surface area contributed by atoms with Gasteiger partial charge in [-0.2, -0.15) is 0 Å². The van der Waals surface area contributed by atoms with Crippen LogP contribution in [0.15, 0.2) is 0 Å². The summed E-state index contributed by atoms with van der Waals surface area (Å²) < 4.78 is 0. The van der Waals surface area contributed by atoms with Gasteiger partial charge in [-0.3, -0.25) is 4.79 Å². The fourth-order valence-corrected chi connectivity index (χ4v) is 2.87. The lowest BCUT2D eigenvalue weighted by Gasteiger charge is -2.43. The molecule has 2 N–H and O–H groups in total. The Kier molecular flexibility index (Phi) is 2.05. The summed E-state index contributed by atoms with van der Waals surface area (Å²) >= 11 is 0. The fraction of sp³-hybridized carbons (Fsp3) is 0.800. The smallest absolute Gasteiger partial charge is 0.326 e. The molecule has 15 heavy (non-hydrogen) atoms. The number of carbonyl (C=O) groups is 2. The van der Waals surface area contributed by atoms with Crippen LogP contribution in [0.2, 0.25) is 0 Å². The van der Waals surface area contributed by atoms with Crippen molar-refractivity contribution in [1.82, 2.24) is 4.90 Å². The maximum atomic E-state index is 11.6. The SMILES string of the molecule is CC1(C)CC2C(CO)C(=O)N2[C@H]1C(=O)O. The Morgan fingerprint density at radius 2 is 2.20 bits per heavy atom. The van der Waals surface area contributed by atoms with Gasteiger partial charge in [0.25, 0.3) is 0 Å². The molecule has 2 saturated heterocycles. The largest absolute Gasteiger partial charge is 0.480 e. The number of carbonyl (C=O) groups excluding carboxylic acids is 1. The fourth-order valence-electron chi connectivity index (χ4n) is 2.87. The molecule has 2 aliphatic heterocycles. The lowest BCUT2D eigenvalue weighted by Crippen LogP contribution is -2.63. The van der Waals surface area contributed by atoms with E-state index < -0.39 is 17.4 Å². The molecular formula is C10H15NO4. The summed E-state index contributed by atoms with van der Waals surface area (Å²) in [5.74, 6) is -1.55. The van der Waals surface area contributed by atoms with Crippen LogP contribution in [0.3, 0.4) is 0 Å². The Balaban J connectivity index is 2.28. The van der Waals surface area contributed by atoms with E-state index in [4.69, 9.17) is 10.2 Å². The van der Waals surface area contributed by atoms with Crippen molar-refractivity contribution in [3.05, 3.63) is 0 Å². The van der Waals surface area contributed by atoms with E-state index in [1.165, 1.54) is 4.90 Å². The zero-order chi connectivity index (χ0) is 11.4. The second-order valence-corrected chi connectivity index (χ2v) is 5.04. The molecule has 2 heterocycles. The topological polar surface area (TPSA) is 77.8 Å². The quantitative estimate of drug-likeness (QED) is 0.617. The number of carboxylic acids is 1. The number of rotatable bonds is 2. The number of aliphatic hydroxyl groups excluding tert-OH is 1. The molecule has 0 aromatic carbocycles. The van der Waals surface area contributed by atoms with Gasteiger partial charge in [0, 0.05) is 6.04 Å². The molecule has 2 rings (SSSR count). The monoisotopic (exact) mass is 213 g/mol. The normalized spacial score (nSPS) is 37.4. The lowest BCUT2D eigenvalue weighted by atomic mass is 9.82. The molecule has 0 saturated carbocycles. The predicted molar refractivity (Wildman–Crippen MR) is 51.0 cm³/mol.